The number of nitrogens with zero attached hydrogens (tertiary/aromatic N) is 1. The summed E-state index contributed by atoms with van der Waals surface area (Å²) in [5, 5.41) is 3.41. The molecular formula is C21H31ClN2O2. The predicted molar refractivity (Wildman–Crippen MR) is 106 cm³/mol. The fourth-order valence-electron chi connectivity index (χ4n) is 4.60. The van der Waals surface area contributed by atoms with Crippen molar-refractivity contribution in [1.82, 2.24) is 10.2 Å². The van der Waals surface area contributed by atoms with Gasteiger partial charge in [-0.25, -0.2) is 0 Å². The lowest BCUT2D eigenvalue weighted by atomic mass is 10.0. The second-order valence-corrected chi connectivity index (χ2v) is 7.90. The Morgan fingerprint density at radius 3 is 2.85 bits per heavy atom. The molecule has 5 heteroatoms. The van der Waals surface area contributed by atoms with Crippen LogP contribution in [0, 0.1) is 5.92 Å². The molecule has 0 spiro atoms. The van der Waals surface area contributed by atoms with E-state index in [0.717, 1.165) is 44.8 Å². The molecule has 0 aromatic heterocycles. The summed E-state index contributed by atoms with van der Waals surface area (Å²) in [5.74, 6) is 2.07. The number of rotatable bonds is 6. The van der Waals surface area contributed by atoms with Crippen LogP contribution in [0.1, 0.15) is 56.1 Å². The van der Waals surface area contributed by atoms with Gasteiger partial charge >= 0.3 is 0 Å². The van der Waals surface area contributed by atoms with E-state index >= 15 is 0 Å². The number of amides is 1. The molecule has 1 atom stereocenters. The van der Waals surface area contributed by atoms with E-state index in [1.165, 1.54) is 43.2 Å². The third kappa shape index (κ3) is 4.52. The van der Waals surface area contributed by atoms with Crippen LogP contribution < -0.4 is 10.1 Å². The number of fused-ring (bicyclic) bond motifs is 1. The van der Waals surface area contributed by atoms with Crippen molar-refractivity contribution in [2.24, 2.45) is 5.92 Å². The summed E-state index contributed by atoms with van der Waals surface area (Å²) in [4.78, 5) is 15.2. The number of ether oxygens (including phenoxy) is 1. The van der Waals surface area contributed by atoms with Gasteiger partial charge in [-0.2, -0.15) is 0 Å². The molecule has 1 aromatic rings. The van der Waals surface area contributed by atoms with Gasteiger partial charge in [0.05, 0.1) is 6.61 Å². The van der Waals surface area contributed by atoms with Crippen LogP contribution in [0.15, 0.2) is 18.2 Å². The molecule has 1 amide bonds. The lowest BCUT2D eigenvalue weighted by Gasteiger charge is -2.30. The summed E-state index contributed by atoms with van der Waals surface area (Å²) in [6.07, 6.45) is 8.83. The number of carbonyl (C=O) groups is 1. The molecule has 144 valence electrons. The fraction of sp³-hybridized carbons (Fsp3) is 0.667. The Morgan fingerprint density at radius 2 is 2.08 bits per heavy atom. The lowest BCUT2D eigenvalue weighted by molar-refractivity contribution is -0.134. The summed E-state index contributed by atoms with van der Waals surface area (Å²) in [5.41, 5.74) is 2.56. The van der Waals surface area contributed by atoms with E-state index in [9.17, 15) is 4.79 Å². The largest absolute Gasteiger partial charge is 0.493 e. The highest BCUT2D eigenvalue weighted by Crippen LogP contribution is 2.29. The van der Waals surface area contributed by atoms with E-state index in [2.05, 4.69) is 28.4 Å². The van der Waals surface area contributed by atoms with Crippen LogP contribution in [0.2, 0.25) is 0 Å². The number of hydrogen-bond acceptors (Lipinski definition) is 3. The quantitative estimate of drug-likeness (QED) is 0.820. The molecule has 1 unspecified atom stereocenters. The monoisotopic (exact) mass is 378 g/mol. The molecule has 2 heterocycles. The molecule has 4 nitrogen and oxygen atoms in total. The van der Waals surface area contributed by atoms with Crippen LogP contribution in [0.5, 0.6) is 5.75 Å². The maximum atomic E-state index is 13.0. The number of nitrogens with one attached hydrogen (secondary N) is 1. The fourth-order valence-corrected chi connectivity index (χ4v) is 4.60. The third-order valence-corrected chi connectivity index (χ3v) is 6.12. The highest BCUT2D eigenvalue weighted by molar-refractivity contribution is 5.85. The van der Waals surface area contributed by atoms with E-state index in [0.29, 0.717) is 24.3 Å². The highest BCUT2D eigenvalue weighted by Gasteiger charge is 2.28. The standard InChI is InChI=1S/C21H30N2O2.ClH/c24-21(8-6-16-9-11-22-14-16)23(19-3-1-2-4-19)15-17-5-7-20-18(13-17)10-12-25-20;/h5,7,13,16,19,22H,1-4,6,8-12,14-15H2;1H. The van der Waals surface area contributed by atoms with Gasteiger partial charge in [0.25, 0.3) is 0 Å². The van der Waals surface area contributed by atoms with E-state index in [4.69, 9.17) is 4.74 Å². The summed E-state index contributed by atoms with van der Waals surface area (Å²) >= 11 is 0. The number of benzene rings is 1. The van der Waals surface area contributed by atoms with Crippen molar-refractivity contribution in [3.63, 3.8) is 0 Å². The first-order chi connectivity index (χ1) is 12.3. The van der Waals surface area contributed by atoms with Crippen molar-refractivity contribution in [2.75, 3.05) is 19.7 Å². The van der Waals surface area contributed by atoms with Crippen LogP contribution in [-0.4, -0.2) is 36.5 Å². The van der Waals surface area contributed by atoms with Crippen molar-refractivity contribution in [1.29, 1.82) is 0 Å². The molecule has 1 saturated heterocycles. The Labute approximate surface area is 163 Å². The van der Waals surface area contributed by atoms with Gasteiger partial charge in [0.2, 0.25) is 5.91 Å². The molecule has 0 bridgehead atoms. The van der Waals surface area contributed by atoms with Gasteiger partial charge in [-0.3, -0.25) is 4.79 Å². The van der Waals surface area contributed by atoms with Gasteiger partial charge in [0.15, 0.2) is 0 Å². The van der Waals surface area contributed by atoms with Gasteiger partial charge in [-0.1, -0.05) is 25.0 Å². The van der Waals surface area contributed by atoms with Gasteiger partial charge in [0, 0.05) is 25.4 Å². The van der Waals surface area contributed by atoms with Gasteiger partial charge in [0.1, 0.15) is 5.75 Å². The Hall–Kier alpha value is -1.26. The van der Waals surface area contributed by atoms with Crippen molar-refractivity contribution >= 4 is 18.3 Å². The van der Waals surface area contributed by atoms with E-state index in [1.807, 2.05) is 0 Å². The minimum Gasteiger partial charge on any atom is -0.493 e. The van der Waals surface area contributed by atoms with Crippen molar-refractivity contribution in [3.8, 4) is 5.75 Å². The molecule has 1 aromatic carbocycles. The van der Waals surface area contributed by atoms with Gasteiger partial charge in [-0.15, -0.1) is 12.4 Å². The molecule has 2 aliphatic heterocycles. The molecule has 1 aliphatic carbocycles. The number of halogens is 1. The Morgan fingerprint density at radius 1 is 1.23 bits per heavy atom. The van der Waals surface area contributed by atoms with Crippen molar-refractivity contribution in [3.05, 3.63) is 29.3 Å². The zero-order valence-electron chi connectivity index (χ0n) is 15.5. The minimum absolute atomic E-state index is 0. The predicted octanol–water partition coefficient (Wildman–Crippen LogP) is 3.70. The normalized spacial score (nSPS) is 21.9. The maximum Gasteiger partial charge on any atom is 0.223 e. The van der Waals surface area contributed by atoms with Gasteiger partial charge < -0.3 is 15.0 Å². The molecule has 3 aliphatic rings. The molecule has 2 fully saturated rings. The molecule has 1 saturated carbocycles. The second kappa shape index (κ2) is 9.09. The number of hydrogen-bond donors (Lipinski definition) is 1. The first-order valence-electron chi connectivity index (χ1n) is 10.0. The third-order valence-electron chi connectivity index (χ3n) is 6.12. The van der Waals surface area contributed by atoms with Crippen LogP contribution in [-0.2, 0) is 17.8 Å². The van der Waals surface area contributed by atoms with Crippen LogP contribution in [0.4, 0.5) is 0 Å². The summed E-state index contributed by atoms with van der Waals surface area (Å²) < 4.78 is 5.61. The topological polar surface area (TPSA) is 41.6 Å². The first-order valence-corrected chi connectivity index (χ1v) is 10.0. The molecule has 4 rings (SSSR count). The summed E-state index contributed by atoms with van der Waals surface area (Å²) in [7, 11) is 0. The van der Waals surface area contributed by atoms with Crippen LogP contribution >= 0.6 is 12.4 Å². The van der Waals surface area contributed by atoms with Gasteiger partial charge in [-0.05, 0) is 61.9 Å². The Kier molecular flexibility index (Phi) is 6.82. The summed E-state index contributed by atoms with van der Waals surface area (Å²) in [6, 6.07) is 6.91. The van der Waals surface area contributed by atoms with Crippen molar-refractivity contribution < 1.29 is 9.53 Å². The molecule has 1 N–H and O–H groups in total. The Balaban J connectivity index is 0.00000196. The minimum atomic E-state index is 0. The SMILES string of the molecule is Cl.O=C(CCC1CCNC1)N(Cc1ccc2c(c1)CCO2)C1CCCC1. The van der Waals surface area contributed by atoms with E-state index < -0.39 is 0 Å². The van der Waals surface area contributed by atoms with Crippen LogP contribution in [0.3, 0.4) is 0 Å². The van der Waals surface area contributed by atoms with E-state index in [-0.39, 0.29) is 12.4 Å². The zero-order valence-corrected chi connectivity index (χ0v) is 16.4. The smallest absolute Gasteiger partial charge is 0.223 e. The lowest BCUT2D eigenvalue weighted by Crippen LogP contribution is -2.38. The second-order valence-electron chi connectivity index (χ2n) is 7.90. The summed E-state index contributed by atoms with van der Waals surface area (Å²) in [6.45, 7) is 3.75. The maximum absolute atomic E-state index is 13.0. The Bertz CT molecular complexity index is 610. The van der Waals surface area contributed by atoms with Crippen molar-refractivity contribution in [2.45, 2.75) is 64.0 Å². The molecule has 0 radical (unpaired) electrons. The number of carbonyl (C=O) groups excluding carboxylic acids is 1. The first kappa shape index (κ1) is 19.5. The molecule has 26 heavy (non-hydrogen) atoms. The highest BCUT2D eigenvalue weighted by atomic mass is 35.5. The average molecular weight is 379 g/mol. The zero-order chi connectivity index (χ0) is 17.1. The molecular weight excluding hydrogens is 348 g/mol. The van der Waals surface area contributed by atoms with Crippen LogP contribution in [0.25, 0.3) is 0 Å². The van der Waals surface area contributed by atoms with E-state index in [1.54, 1.807) is 0 Å². The average Bonchev–Trinajstić information content (AvgIpc) is 3.39.